The first kappa shape index (κ1) is 11.0. The first-order chi connectivity index (χ1) is 6.51. The molecule has 0 unspecified atom stereocenters. The van der Waals surface area contributed by atoms with Crippen LogP contribution in [0.15, 0.2) is 19.0 Å². The summed E-state index contributed by atoms with van der Waals surface area (Å²) < 4.78 is 7.45. The molecule has 0 aliphatic rings. The second kappa shape index (κ2) is 4.42. The minimum absolute atomic E-state index is 0.0750. The van der Waals surface area contributed by atoms with Crippen LogP contribution in [-0.2, 0) is 11.3 Å². The van der Waals surface area contributed by atoms with Crippen LogP contribution in [0.5, 0.6) is 0 Å². The van der Waals surface area contributed by atoms with E-state index in [9.17, 15) is 0 Å². The van der Waals surface area contributed by atoms with Crippen LogP contribution in [-0.4, -0.2) is 22.0 Å². The lowest BCUT2D eigenvalue weighted by molar-refractivity contribution is -0.00789. The fraction of sp³-hybridized carbons (Fsp3) is 0.545. The third-order valence-corrected chi connectivity index (χ3v) is 1.74. The molecule has 0 aliphatic heterocycles. The minimum atomic E-state index is -0.0750. The van der Waals surface area contributed by atoms with Gasteiger partial charge < -0.3 is 4.74 Å². The van der Waals surface area contributed by atoms with Gasteiger partial charge in [-0.2, -0.15) is 5.10 Å². The lowest BCUT2D eigenvalue weighted by Crippen LogP contribution is -2.21. The lowest BCUT2D eigenvalue weighted by Gasteiger charge is -2.19. The second-order valence-electron chi connectivity index (χ2n) is 4.20. The number of ether oxygens (including phenoxy) is 1. The quantitative estimate of drug-likeness (QED) is 0.735. The zero-order chi connectivity index (χ0) is 10.6. The minimum Gasteiger partial charge on any atom is -0.374 e. The SMILES string of the molecule is C=Cc1cnn(CCOC(C)(C)C)c1. The third-order valence-electron chi connectivity index (χ3n) is 1.74. The summed E-state index contributed by atoms with van der Waals surface area (Å²) in [5, 5.41) is 4.17. The number of rotatable bonds is 4. The van der Waals surface area contributed by atoms with Gasteiger partial charge in [0.25, 0.3) is 0 Å². The average Bonchev–Trinajstić information content (AvgIpc) is 2.50. The molecule has 78 valence electrons. The van der Waals surface area contributed by atoms with Crippen molar-refractivity contribution in [3.63, 3.8) is 0 Å². The van der Waals surface area contributed by atoms with Gasteiger partial charge in [0, 0.05) is 11.8 Å². The molecule has 0 bridgehead atoms. The molecule has 0 aromatic carbocycles. The molecular formula is C11H18N2O. The summed E-state index contributed by atoms with van der Waals surface area (Å²) in [5.74, 6) is 0. The molecule has 0 N–H and O–H groups in total. The van der Waals surface area contributed by atoms with Crippen LogP contribution >= 0.6 is 0 Å². The Morgan fingerprint density at radius 3 is 2.79 bits per heavy atom. The summed E-state index contributed by atoms with van der Waals surface area (Å²) in [6, 6.07) is 0. The summed E-state index contributed by atoms with van der Waals surface area (Å²) in [5.41, 5.74) is 0.967. The molecule has 0 saturated carbocycles. The van der Waals surface area contributed by atoms with Gasteiger partial charge in [0.15, 0.2) is 0 Å². The first-order valence-electron chi connectivity index (χ1n) is 4.80. The Morgan fingerprint density at radius 1 is 1.57 bits per heavy atom. The van der Waals surface area contributed by atoms with Crippen LogP contribution in [0.2, 0.25) is 0 Å². The molecule has 0 saturated heterocycles. The predicted octanol–water partition coefficient (Wildman–Crippen LogP) is 2.34. The van der Waals surface area contributed by atoms with Gasteiger partial charge in [-0.25, -0.2) is 0 Å². The molecule has 3 nitrogen and oxygen atoms in total. The molecule has 0 spiro atoms. The summed E-state index contributed by atoms with van der Waals surface area (Å²) >= 11 is 0. The average molecular weight is 194 g/mol. The fourth-order valence-corrected chi connectivity index (χ4v) is 1.05. The van der Waals surface area contributed by atoms with E-state index in [0.717, 1.165) is 12.1 Å². The molecule has 0 aliphatic carbocycles. The van der Waals surface area contributed by atoms with Crippen molar-refractivity contribution in [1.82, 2.24) is 9.78 Å². The molecule has 0 amide bonds. The zero-order valence-electron chi connectivity index (χ0n) is 9.16. The number of hydrogen-bond acceptors (Lipinski definition) is 2. The highest BCUT2D eigenvalue weighted by atomic mass is 16.5. The van der Waals surface area contributed by atoms with Crippen LogP contribution in [0.4, 0.5) is 0 Å². The molecule has 1 heterocycles. The Morgan fingerprint density at radius 2 is 2.29 bits per heavy atom. The summed E-state index contributed by atoms with van der Waals surface area (Å²) in [6.07, 6.45) is 5.54. The van der Waals surface area contributed by atoms with E-state index in [2.05, 4.69) is 11.7 Å². The topological polar surface area (TPSA) is 27.1 Å². The Bertz CT molecular complexity index is 296. The Hall–Kier alpha value is -1.09. The van der Waals surface area contributed by atoms with E-state index in [1.54, 1.807) is 12.3 Å². The largest absolute Gasteiger partial charge is 0.374 e. The number of nitrogens with zero attached hydrogens (tertiary/aromatic N) is 2. The normalized spacial score (nSPS) is 11.6. The highest BCUT2D eigenvalue weighted by Gasteiger charge is 2.09. The lowest BCUT2D eigenvalue weighted by atomic mass is 10.2. The van der Waals surface area contributed by atoms with Crippen molar-refractivity contribution in [2.75, 3.05) is 6.61 Å². The first-order valence-corrected chi connectivity index (χ1v) is 4.80. The maximum Gasteiger partial charge on any atom is 0.0669 e. The molecular weight excluding hydrogens is 176 g/mol. The van der Waals surface area contributed by atoms with E-state index in [1.165, 1.54) is 0 Å². The summed E-state index contributed by atoms with van der Waals surface area (Å²) in [6.45, 7) is 11.3. The summed E-state index contributed by atoms with van der Waals surface area (Å²) in [4.78, 5) is 0. The molecule has 0 radical (unpaired) electrons. The maximum atomic E-state index is 5.59. The van der Waals surface area contributed by atoms with Crippen LogP contribution in [0.25, 0.3) is 6.08 Å². The highest BCUT2D eigenvalue weighted by molar-refractivity contribution is 5.43. The van der Waals surface area contributed by atoms with Gasteiger partial charge >= 0.3 is 0 Å². The van der Waals surface area contributed by atoms with Crippen molar-refractivity contribution in [3.05, 3.63) is 24.5 Å². The van der Waals surface area contributed by atoms with Gasteiger partial charge in [0.2, 0.25) is 0 Å². The van der Waals surface area contributed by atoms with Gasteiger partial charge in [0.05, 0.1) is 24.9 Å². The van der Waals surface area contributed by atoms with Crippen LogP contribution in [0, 0.1) is 0 Å². The van der Waals surface area contributed by atoms with Crippen molar-refractivity contribution in [1.29, 1.82) is 0 Å². The predicted molar refractivity (Wildman–Crippen MR) is 58.0 cm³/mol. The standard InChI is InChI=1S/C11H18N2O/c1-5-10-8-12-13(9-10)6-7-14-11(2,3)4/h5,8-9H,1,6-7H2,2-4H3. The van der Waals surface area contributed by atoms with E-state index in [4.69, 9.17) is 4.74 Å². The number of aromatic nitrogens is 2. The fourth-order valence-electron chi connectivity index (χ4n) is 1.05. The van der Waals surface area contributed by atoms with Crippen molar-refractivity contribution in [2.24, 2.45) is 0 Å². The van der Waals surface area contributed by atoms with E-state index in [0.29, 0.717) is 6.61 Å². The van der Waals surface area contributed by atoms with E-state index < -0.39 is 0 Å². The van der Waals surface area contributed by atoms with Crippen molar-refractivity contribution in [2.45, 2.75) is 32.9 Å². The Labute approximate surface area is 85.4 Å². The smallest absolute Gasteiger partial charge is 0.0669 e. The van der Waals surface area contributed by atoms with Crippen molar-refractivity contribution < 1.29 is 4.74 Å². The molecule has 1 rings (SSSR count). The van der Waals surface area contributed by atoms with E-state index in [-0.39, 0.29) is 5.60 Å². The monoisotopic (exact) mass is 194 g/mol. The third kappa shape index (κ3) is 3.75. The van der Waals surface area contributed by atoms with Crippen molar-refractivity contribution in [3.8, 4) is 0 Å². The van der Waals surface area contributed by atoms with Crippen LogP contribution in [0.3, 0.4) is 0 Å². The van der Waals surface area contributed by atoms with Gasteiger partial charge in [-0.15, -0.1) is 0 Å². The van der Waals surface area contributed by atoms with Gasteiger partial charge in [-0.1, -0.05) is 12.7 Å². The molecule has 0 fully saturated rings. The Kier molecular flexibility index (Phi) is 3.47. The zero-order valence-corrected chi connectivity index (χ0v) is 9.16. The van der Waals surface area contributed by atoms with Gasteiger partial charge in [-0.3, -0.25) is 4.68 Å². The van der Waals surface area contributed by atoms with Crippen LogP contribution in [0.1, 0.15) is 26.3 Å². The van der Waals surface area contributed by atoms with Crippen LogP contribution < -0.4 is 0 Å². The van der Waals surface area contributed by atoms with E-state index >= 15 is 0 Å². The molecule has 14 heavy (non-hydrogen) atoms. The van der Waals surface area contributed by atoms with Crippen molar-refractivity contribution >= 4 is 6.08 Å². The maximum absolute atomic E-state index is 5.59. The van der Waals surface area contributed by atoms with Gasteiger partial charge in [0.1, 0.15) is 0 Å². The number of hydrogen-bond donors (Lipinski definition) is 0. The molecule has 3 heteroatoms. The molecule has 1 aromatic heterocycles. The highest BCUT2D eigenvalue weighted by Crippen LogP contribution is 2.06. The summed E-state index contributed by atoms with van der Waals surface area (Å²) in [7, 11) is 0. The van der Waals surface area contributed by atoms with Gasteiger partial charge in [-0.05, 0) is 20.8 Å². The molecule has 1 aromatic rings. The Balaban J connectivity index is 2.35. The second-order valence-corrected chi connectivity index (χ2v) is 4.20. The van der Waals surface area contributed by atoms with E-state index in [1.807, 2.05) is 31.6 Å². The molecule has 0 atom stereocenters.